The minimum absolute atomic E-state index is 0.452. The fourth-order valence-electron chi connectivity index (χ4n) is 1.92. The van der Waals surface area contributed by atoms with Crippen LogP contribution in [-0.2, 0) is 19.4 Å². The smallest absolute Gasteiger partial charge is 0.140 e. The summed E-state index contributed by atoms with van der Waals surface area (Å²) in [6.45, 7) is 4.92. The first-order valence-electron chi connectivity index (χ1n) is 6.17. The Hall–Kier alpha value is -2.15. The molecular weight excluding hydrogens is 224 g/mol. The number of hydrogen-bond acceptors (Lipinski definition) is 3. The molecule has 0 aromatic carbocycles. The third-order valence-electron chi connectivity index (χ3n) is 2.91. The second kappa shape index (κ2) is 5.46. The summed E-state index contributed by atoms with van der Waals surface area (Å²) in [6.07, 6.45) is 3.58. The van der Waals surface area contributed by atoms with Gasteiger partial charge in [-0.2, -0.15) is 10.4 Å². The van der Waals surface area contributed by atoms with E-state index < -0.39 is 0 Å². The maximum Gasteiger partial charge on any atom is 0.140 e. The Morgan fingerprint density at radius 1 is 1.28 bits per heavy atom. The van der Waals surface area contributed by atoms with E-state index in [1.54, 1.807) is 6.20 Å². The standard InChI is InChI=1S/C14H16N4/c1-3-12-8-14(4-2)18(17-12)10-11-5-6-16-13(7-11)9-15/h5-8H,3-4,10H2,1-2H3. The van der Waals surface area contributed by atoms with Gasteiger partial charge in [0.25, 0.3) is 0 Å². The highest BCUT2D eigenvalue weighted by Gasteiger charge is 2.06. The Balaban J connectivity index is 2.27. The van der Waals surface area contributed by atoms with Gasteiger partial charge in [-0.15, -0.1) is 0 Å². The molecule has 0 aliphatic rings. The fourth-order valence-corrected chi connectivity index (χ4v) is 1.92. The molecule has 18 heavy (non-hydrogen) atoms. The number of hydrogen-bond donors (Lipinski definition) is 0. The lowest BCUT2D eigenvalue weighted by Crippen LogP contribution is -2.06. The van der Waals surface area contributed by atoms with Crippen molar-refractivity contribution in [2.24, 2.45) is 0 Å². The average Bonchev–Trinajstić information content (AvgIpc) is 2.81. The minimum Gasteiger partial charge on any atom is -0.265 e. The third-order valence-corrected chi connectivity index (χ3v) is 2.91. The van der Waals surface area contributed by atoms with E-state index in [1.165, 1.54) is 5.69 Å². The number of aromatic nitrogens is 3. The van der Waals surface area contributed by atoms with Crippen LogP contribution in [0.1, 0.15) is 36.5 Å². The van der Waals surface area contributed by atoms with Crippen molar-refractivity contribution in [2.45, 2.75) is 33.2 Å². The minimum atomic E-state index is 0.452. The first kappa shape index (κ1) is 12.3. The van der Waals surface area contributed by atoms with Crippen molar-refractivity contribution < 1.29 is 0 Å². The molecule has 2 aromatic heterocycles. The van der Waals surface area contributed by atoms with Crippen molar-refractivity contribution in [3.05, 3.63) is 47.0 Å². The quantitative estimate of drug-likeness (QED) is 0.824. The van der Waals surface area contributed by atoms with Crippen LogP contribution in [0.5, 0.6) is 0 Å². The molecule has 0 saturated carbocycles. The molecule has 4 heteroatoms. The molecule has 4 nitrogen and oxygen atoms in total. The zero-order valence-electron chi connectivity index (χ0n) is 10.7. The van der Waals surface area contributed by atoms with E-state index >= 15 is 0 Å². The SMILES string of the molecule is CCc1cc(CC)n(Cc2ccnc(C#N)c2)n1. The number of nitriles is 1. The molecule has 0 aliphatic heterocycles. The van der Waals surface area contributed by atoms with Crippen molar-refractivity contribution in [3.8, 4) is 6.07 Å². The van der Waals surface area contributed by atoms with E-state index in [0.717, 1.165) is 24.1 Å². The molecule has 0 fully saturated rings. The molecular formula is C14H16N4. The molecule has 0 spiro atoms. The molecule has 0 aliphatic carbocycles. The van der Waals surface area contributed by atoms with Crippen molar-refractivity contribution in [3.63, 3.8) is 0 Å². The van der Waals surface area contributed by atoms with Crippen LogP contribution in [0.15, 0.2) is 24.4 Å². The van der Waals surface area contributed by atoms with Crippen molar-refractivity contribution in [1.82, 2.24) is 14.8 Å². The van der Waals surface area contributed by atoms with Gasteiger partial charge in [0.05, 0.1) is 12.2 Å². The summed E-state index contributed by atoms with van der Waals surface area (Å²) in [5.41, 5.74) is 3.85. The van der Waals surface area contributed by atoms with Gasteiger partial charge in [0.15, 0.2) is 0 Å². The summed E-state index contributed by atoms with van der Waals surface area (Å²) in [4.78, 5) is 3.97. The second-order valence-corrected chi connectivity index (χ2v) is 4.15. The molecule has 0 unspecified atom stereocenters. The Morgan fingerprint density at radius 2 is 2.11 bits per heavy atom. The first-order valence-corrected chi connectivity index (χ1v) is 6.17. The van der Waals surface area contributed by atoms with Gasteiger partial charge in [-0.1, -0.05) is 13.8 Å². The van der Waals surface area contributed by atoms with Gasteiger partial charge in [-0.05, 0) is 36.6 Å². The van der Waals surface area contributed by atoms with E-state index in [1.807, 2.05) is 16.8 Å². The van der Waals surface area contributed by atoms with E-state index in [-0.39, 0.29) is 0 Å². The number of nitrogens with zero attached hydrogens (tertiary/aromatic N) is 4. The van der Waals surface area contributed by atoms with E-state index in [2.05, 4.69) is 36.1 Å². The van der Waals surface area contributed by atoms with Gasteiger partial charge in [-0.3, -0.25) is 4.68 Å². The highest BCUT2D eigenvalue weighted by Crippen LogP contribution is 2.10. The highest BCUT2D eigenvalue weighted by molar-refractivity contribution is 5.26. The lowest BCUT2D eigenvalue weighted by atomic mass is 10.2. The van der Waals surface area contributed by atoms with E-state index in [9.17, 15) is 0 Å². The zero-order valence-corrected chi connectivity index (χ0v) is 10.7. The van der Waals surface area contributed by atoms with Crippen molar-refractivity contribution in [2.75, 3.05) is 0 Å². The summed E-state index contributed by atoms with van der Waals surface area (Å²) >= 11 is 0. The number of aryl methyl sites for hydroxylation is 2. The molecule has 0 amide bonds. The first-order chi connectivity index (χ1) is 8.76. The van der Waals surface area contributed by atoms with Gasteiger partial charge in [0.1, 0.15) is 11.8 Å². The third kappa shape index (κ3) is 2.57. The van der Waals surface area contributed by atoms with Gasteiger partial charge < -0.3 is 0 Å². The van der Waals surface area contributed by atoms with Gasteiger partial charge in [0.2, 0.25) is 0 Å². The topological polar surface area (TPSA) is 54.5 Å². The molecule has 0 radical (unpaired) electrons. The maximum absolute atomic E-state index is 8.84. The second-order valence-electron chi connectivity index (χ2n) is 4.15. The summed E-state index contributed by atoms with van der Waals surface area (Å²) in [6, 6.07) is 7.94. The molecule has 0 bridgehead atoms. The van der Waals surface area contributed by atoms with Gasteiger partial charge in [0, 0.05) is 11.9 Å². The lowest BCUT2D eigenvalue weighted by molar-refractivity contribution is 0.640. The molecule has 0 N–H and O–H groups in total. The van der Waals surface area contributed by atoms with Crippen LogP contribution >= 0.6 is 0 Å². The fraction of sp³-hybridized carbons (Fsp3) is 0.357. The van der Waals surface area contributed by atoms with Gasteiger partial charge >= 0.3 is 0 Å². The molecule has 2 aromatic rings. The summed E-state index contributed by atoms with van der Waals surface area (Å²) in [7, 11) is 0. The monoisotopic (exact) mass is 240 g/mol. The summed E-state index contributed by atoms with van der Waals surface area (Å²) in [5, 5.41) is 13.4. The van der Waals surface area contributed by atoms with Crippen molar-refractivity contribution in [1.29, 1.82) is 5.26 Å². The lowest BCUT2D eigenvalue weighted by Gasteiger charge is -2.05. The van der Waals surface area contributed by atoms with E-state index in [0.29, 0.717) is 12.2 Å². The Bertz CT molecular complexity index is 578. The molecule has 0 saturated heterocycles. The normalized spacial score (nSPS) is 10.3. The van der Waals surface area contributed by atoms with Crippen LogP contribution in [0.25, 0.3) is 0 Å². The van der Waals surface area contributed by atoms with Crippen LogP contribution in [0.2, 0.25) is 0 Å². The Morgan fingerprint density at radius 3 is 2.78 bits per heavy atom. The van der Waals surface area contributed by atoms with Crippen LogP contribution in [0, 0.1) is 11.3 Å². The largest absolute Gasteiger partial charge is 0.265 e. The van der Waals surface area contributed by atoms with Crippen LogP contribution in [0.4, 0.5) is 0 Å². The molecule has 0 atom stereocenters. The molecule has 92 valence electrons. The number of rotatable bonds is 4. The van der Waals surface area contributed by atoms with Crippen molar-refractivity contribution >= 4 is 0 Å². The maximum atomic E-state index is 8.84. The zero-order chi connectivity index (χ0) is 13.0. The van der Waals surface area contributed by atoms with Crippen LogP contribution in [-0.4, -0.2) is 14.8 Å². The Labute approximate surface area is 107 Å². The summed E-state index contributed by atoms with van der Waals surface area (Å²) in [5.74, 6) is 0. The molecule has 2 heterocycles. The molecule has 2 rings (SSSR count). The highest BCUT2D eigenvalue weighted by atomic mass is 15.3. The van der Waals surface area contributed by atoms with Crippen LogP contribution in [0.3, 0.4) is 0 Å². The predicted molar refractivity (Wildman–Crippen MR) is 69.0 cm³/mol. The summed E-state index contributed by atoms with van der Waals surface area (Å²) < 4.78 is 2.01. The predicted octanol–water partition coefficient (Wildman–Crippen LogP) is 2.32. The van der Waals surface area contributed by atoms with E-state index in [4.69, 9.17) is 5.26 Å². The van der Waals surface area contributed by atoms with Gasteiger partial charge in [-0.25, -0.2) is 4.98 Å². The average molecular weight is 240 g/mol. The van der Waals surface area contributed by atoms with Crippen LogP contribution < -0.4 is 0 Å². The number of pyridine rings is 1. The Kier molecular flexibility index (Phi) is 3.73.